The van der Waals surface area contributed by atoms with E-state index in [1.807, 2.05) is 48.5 Å². The first-order valence-corrected chi connectivity index (χ1v) is 10.3. The van der Waals surface area contributed by atoms with Gasteiger partial charge in [-0.25, -0.2) is 14.4 Å². The highest BCUT2D eigenvalue weighted by Gasteiger charge is 2.47. The number of carbonyl (C=O) groups is 3. The van der Waals surface area contributed by atoms with Crippen LogP contribution in [0, 0.1) is 0 Å². The summed E-state index contributed by atoms with van der Waals surface area (Å²) in [6.45, 7) is 4.47. The fraction of sp³-hybridized carbons (Fsp3) is 0.375. The number of fused-ring (bicyclic) bond motifs is 3. The van der Waals surface area contributed by atoms with Gasteiger partial charge in [0, 0.05) is 5.92 Å². The second kappa shape index (κ2) is 9.00. The highest BCUT2D eigenvalue weighted by atomic mass is 16.6. The zero-order valence-corrected chi connectivity index (χ0v) is 18.6. The molecule has 32 heavy (non-hydrogen) atoms. The zero-order chi connectivity index (χ0) is 23.5. The molecular formula is C24H28N2O6. The van der Waals surface area contributed by atoms with Gasteiger partial charge in [-0.15, -0.1) is 0 Å². The number of ether oxygens (including phenoxy) is 3. The third kappa shape index (κ3) is 4.75. The fourth-order valence-electron chi connectivity index (χ4n) is 3.64. The number of esters is 2. The molecule has 3 N–H and O–H groups in total. The standard InChI is InChI=1S/C24H28N2O6/c1-23(2,3)32-21(28)24(25,20(27)30-4)14-26-22(29)31-13-19-17-11-7-5-9-15(17)16-10-6-8-12-18(16)19/h5-12,19H,13-14,25H2,1-4H3,(H,26,29). The first-order chi connectivity index (χ1) is 15.1. The van der Waals surface area contributed by atoms with Gasteiger partial charge >= 0.3 is 18.0 Å². The number of hydrogen-bond donors (Lipinski definition) is 2. The van der Waals surface area contributed by atoms with Crippen molar-refractivity contribution in [2.45, 2.75) is 37.8 Å². The minimum absolute atomic E-state index is 0.0854. The van der Waals surface area contributed by atoms with Crippen molar-refractivity contribution in [3.8, 4) is 11.1 Å². The van der Waals surface area contributed by atoms with Crippen molar-refractivity contribution in [3.63, 3.8) is 0 Å². The Bertz CT molecular complexity index is 984. The zero-order valence-electron chi connectivity index (χ0n) is 18.6. The van der Waals surface area contributed by atoms with Crippen LogP contribution in [0.2, 0.25) is 0 Å². The molecule has 8 heteroatoms. The average Bonchev–Trinajstić information content (AvgIpc) is 3.08. The summed E-state index contributed by atoms with van der Waals surface area (Å²) >= 11 is 0. The van der Waals surface area contributed by atoms with Crippen molar-refractivity contribution >= 4 is 18.0 Å². The molecule has 0 spiro atoms. The molecule has 3 rings (SSSR count). The van der Waals surface area contributed by atoms with Crippen LogP contribution in [0.1, 0.15) is 37.8 Å². The van der Waals surface area contributed by atoms with E-state index in [1.54, 1.807) is 20.8 Å². The Kier molecular flexibility index (Phi) is 6.55. The minimum atomic E-state index is -2.20. The molecule has 1 unspecified atom stereocenters. The Morgan fingerprint density at radius 2 is 1.47 bits per heavy atom. The van der Waals surface area contributed by atoms with E-state index in [9.17, 15) is 14.4 Å². The topological polar surface area (TPSA) is 117 Å². The molecule has 2 aromatic carbocycles. The van der Waals surface area contributed by atoms with E-state index in [0.717, 1.165) is 29.4 Å². The monoisotopic (exact) mass is 440 g/mol. The Hall–Kier alpha value is -3.39. The number of benzene rings is 2. The van der Waals surface area contributed by atoms with E-state index in [4.69, 9.17) is 15.2 Å². The van der Waals surface area contributed by atoms with E-state index < -0.39 is 35.7 Å². The van der Waals surface area contributed by atoms with Crippen LogP contribution in [-0.4, -0.2) is 49.4 Å². The molecule has 1 aliphatic rings. The number of alkyl carbamates (subject to hydrolysis) is 1. The Balaban J connectivity index is 1.67. The molecule has 0 aliphatic heterocycles. The summed E-state index contributed by atoms with van der Waals surface area (Å²) in [4.78, 5) is 37.1. The molecule has 8 nitrogen and oxygen atoms in total. The van der Waals surface area contributed by atoms with Crippen LogP contribution in [0.4, 0.5) is 4.79 Å². The number of amides is 1. The third-order valence-electron chi connectivity index (χ3n) is 5.17. The van der Waals surface area contributed by atoms with E-state index in [2.05, 4.69) is 10.1 Å². The predicted molar refractivity (Wildman–Crippen MR) is 118 cm³/mol. The lowest BCUT2D eigenvalue weighted by atomic mass is 9.98. The molecule has 0 bridgehead atoms. The lowest BCUT2D eigenvalue weighted by Crippen LogP contribution is -2.63. The van der Waals surface area contributed by atoms with Crippen LogP contribution in [0.5, 0.6) is 0 Å². The number of carbonyl (C=O) groups excluding carboxylic acids is 3. The van der Waals surface area contributed by atoms with Crippen LogP contribution in [0.3, 0.4) is 0 Å². The van der Waals surface area contributed by atoms with Gasteiger partial charge in [-0.05, 0) is 43.0 Å². The summed E-state index contributed by atoms with van der Waals surface area (Å²) in [5.74, 6) is -2.15. The van der Waals surface area contributed by atoms with Crippen molar-refractivity contribution in [2.75, 3.05) is 20.3 Å². The van der Waals surface area contributed by atoms with Crippen molar-refractivity contribution in [2.24, 2.45) is 5.73 Å². The number of nitrogens with one attached hydrogen (secondary N) is 1. The van der Waals surface area contributed by atoms with Gasteiger partial charge in [-0.2, -0.15) is 0 Å². The summed E-state index contributed by atoms with van der Waals surface area (Å²) in [6, 6.07) is 15.9. The Morgan fingerprint density at radius 1 is 0.938 bits per heavy atom. The maximum Gasteiger partial charge on any atom is 0.407 e. The second-order valence-corrected chi connectivity index (χ2v) is 8.64. The van der Waals surface area contributed by atoms with Crippen LogP contribution in [0.25, 0.3) is 11.1 Å². The fourth-order valence-corrected chi connectivity index (χ4v) is 3.64. The molecule has 0 aromatic heterocycles. The smallest absolute Gasteiger partial charge is 0.407 e. The molecule has 0 heterocycles. The largest absolute Gasteiger partial charge is 0.467 e. The highest BCUT2D eigenvalue weighted by molar-refractivity contribution is 6.05. The number of methoxy groups -OCH3 is 1. The maximum absolute atomic E-state index is 12.5. The summed E-state index contributed by atoms with van der Waals surface area (Å²) in [7, 11) is 1.10. The summed E-state index contributed by atoms with van der Waals surface area (Å²) in [6.07, 6.45) is -0.811. The maximum atomic E-state index is 12.5. The van der Waals surface area contributed by atoms with Gasteiger partial charge in [-0.3, -0.25) is 0 Å². The third-order valence-corrected chi connectivity index (χ3v) is 5.17. The van der Waals surface area contributed by atoms with Crippen molar-refractivity contribution in [1.82, 2.24) is 5.32 Å². The predicted octanol–water partition coefficient (Wildman–Crippen LogP) is 2.74. The molecule has 170 valence electrons. The van der Waals surface area contributed by atoms with Crippen LogP contribution >= 0.6 is 0 Å². The molecule has 0 radical (unpaired) electrons. The minimum Gasteiger partial charge on any atom is -0.467 e. The second-order valence-electron chi connectivity index (χ2n) is 8.64. The van der Waals surface area contributed by atoms with Gasteiger partial charge in [0.25, 0.3) is 0 Å². The number of nitrogens with two attached hydrogens (primary N) is 1. The summed E-state index contributed by atoms with van der Waals surface area (Å²) in [5.41, 5.74) is 7.25. The molecule has 1 amide bonds. The number of hydrogen-bond acceptors (Lipinski definition) is 7. The van der Waals surface area contributed by atoms with Gasteiger partial charge < -0.3 is 25.3 Å². The first-order valence-electron chi connectivity index (χ1n) is 10.3. The van der Waals surface area contributed by atoms with E-state index >= 15 is 0 Å². The normalized spacial score (nSPS) is 14.5. The Labute approximate surface area is 187 Å². The van der Waals surface area contributed by atoms with Crippen LogP contribution in [-0.2, 0) is 23.8 Å². The van der Waals surface area contributed by atoms with E-state index in [-0.39, 0.29) is 12.5 Å². The summed E-state index contributed by atoms with van der Waals surface area (Å²) in [5, 5.41) is 2.39. The van der Waals surface area contributed by atoms with Gasteiger partial charge in [0.1, 0.15) is 12.2 Å². The number of rotatable bonds is 6. The molecule has 1 aliphatic carbocycles. The quantitative estimate of drug-likeness (QED) is 0.403. The lowest BCUT2D eigenvalue weighted by Gasteiger charge is -2.29. The van der Waals surface area contributed by atoms with Gasteiger partial charge in [-0.1, -0.05) is 48.5 Å². The first kappa shape index (κ1) is 23.3. The van der Waals surface area contributed by atoms with Crippen LogP contribution in [0.15, 0.2) is 48.5 Å². The van der Waals surface area contributed by atoms with Gasteiger partial charge in [0.15, 0.2) is 0 Å². The van der Waals surface area contributed by atoms with Crippen molar-refractivity contribution < 1.29 is 28.6 Å². The summed E-state index contributed by atoms with van der Waals surface area (Å²) < 4.78 is 15.3. The molecule has 0 fully saturated rings. The molecule has 0 saturated carbocycles. The molecule has 0 saturated heterocycles. The molecular weight excluding hydrogens is 412 g/mol. The van der Waals surface area contributed by atoms with Gasteiger partial charge in [0.2, 0.25) is 5.54 Å². The highest BCUT2D eigenvalue weighted by Crippen LogP contribution is 2.44. The molecule has 2 aromatic rings. The van der Waals surface area contributed by atoms with Crippen molar-refractivity contribution in [1.29, 1.82) is 0 Å². The van der Waals surface area contributed by atoms with Crippen LogP contribution < -0.4 is 11.1 Å². The average molecular weight is 440 g/mol. The lowest BCUT2D eigenvalue weighted by molar-refractivity contribution is -0.170. The van der Waals surface area contributed by atoms with E-state index in [0.29, 0.717) is 0 Å². The van der Waals surface area contributed by atoms with E-state index in [1.165, 1.54) is 0 Å². The van der Waals surface area contributed by atoms with Crippen molar-refractivity contribution in [3.05, 3.63) is 59.7 Å². The Morgan fingerprint density at radius 3 is 1.97 bits per heavy atom. The van der Waals surface area contributed by atoms with Gasteiger partial charge in [0.05, 0.1) is 13.7 Å². The molecule has 1 atom stereocenters. The SMILES string of the molecule is COC(=O)C(N)(CNC(=O)OCC1c2ccccc2-c2ccccc21)C(=O)OC(C)(C)C.